The first kappa shape index (κ1) is 13.0. The second-order valence-electron chi connectivity index (χ2n) is 4.51. The second kappa shape index (κ2) is 6.54. The molecule has 90 valence electrons. The van der Waals surface area contributed by atoms with Crippen LogP contribution in [0.2, 0.25) is 0 Å². The lowest BCUT2D eigenvalue weighted by Crippen LogP contribution is -2.33. The first-order valence-corrected chi connectivity index (χ1v) is 6.15. The molecule has 0 aliphatic heterocycles. The number of phenols is 1. The van der Waals surface area contributed by atoms with Crippen LogP contribution in [0.15, 0.2) is 24.3 Å². The molecule has 0 aromatic heterocycles. The van der Waals surface area contributed by atoms with Crippen LogP contribution >= 0.6 is 0 Å². The normalized spacial score (nSPS) is 14.7. The highest BCUT2D eigenvalue weighted by molar-refractivity contribution is 5.31. The van der Waals surface area contributed by atoms with Crippen LogP contribution < -0.4 is 5.32 Å². The summed E-state index contributed by atoms with van der Waals surface area (Å²) in [5.41, 5.74) is 1.02. The minimum atomic E-state index is 0.403. The van der Waals surface area contributed by atoms with Gasteiger partial charge < -0.3 is 10.4 Å². The molecule has 0 spiro atoms. The third-order valence-electron chi connectivity index (χ3n) is 3.35. The number of para-hydroxylation sites is 1. The van der Waals surface area contributed by atoms with Crippen LogP contribution in [0, 0.1) is 5.92 Å². The van der Waals surface area contributed by atoms with E-state index in [4.69, 9.17) is 0 Å². The first-order valence-electron chi connectivity index (χ1n) is 6.15. The Morgan fingerprint density at radius 2 is 1.94 bits per heavy atom. The minimum absolute atomic E-state index is 0.403. The van der Waals surface area contributed by atoms with Crippen molar-refractivity contribution in [2.45, 2.75) is 39.7 Å². The Bertz CT molecular complexity index is 311. The Morgan fingerprint density at radius 1 is 1.25 bits per heavy atom. The fourth-order valence-electron chi connectivity index (χ4n) is 1.71. The average Bonchev–Trinajstić information content (AvgIpc) is 2.30. The third-order valence-corrected chi connectivity index (χ3v) is 3.35. The van der Waals surface area contributed by atoms with Gasteiger partial charge in [-0.2, -0.15) is 0 Å². The van der Waals surface area contributed by atoms with Crippen molar-refractivity contribution in [3.8, 4) is 5.75 Å². The zero-order valence-corrected chi connectivity index (χ0v) is 10.5. The van der Waals surface area contributed by atoms with E-state index in [1.165, 1.54) is 6.42 Å². The van der Waals surface area contributed by atoms with Gasteiger partial charge in [-0.3, -0.25) is 0 Å². The Morgan fingerprint density at radius 3 is 2.56 bits per heavy atom. The van der Waals surface area contributed by atoms with E-state index in [0.717, 1.165) is 18.5 Å². The van der Waals surface area contributed by atoms with E-state index < -0.39 is 0 Å². The largest absolute Gasteiger partial charge is 0.508 e. The summed E-state index contributed by atoms with van der Waals surface area (Å²) in [5, 5.41) is 13.1. The number of nitrogens with one attached hydrogen (secondary N) is 1. The highest BCUT2D eigenvalue weighted by atomic mass is 16.3. The molecule has 2 atom stereocenters. The Balaban J connectivity index is 2.33. The number of hydrogen-bond acceptors (Lipinski definition) is 2. The maximum Gasteiger partial charge on any atom is 0.118 e. The molecule has 0 saturated carbocycles. The van der Waals surface area contributed by atoms with Crippen LogP contribution in [-0.2, 0) is 6.42 Å². The summed E-state index contributed by atoms with van der Waals surface area (Å²) in [6.07, 6.45) is 2.08. The zero-order chi connectivity index (χ0) is 12.0. The fraction of sp³-hybridized carbons (Fsp3) is 0.571. The van der Waals surface area contributed by atoms with Gasteiger partial charge in [0.25, 0.3) is 0 Å². The molecule has 0 saturated heterocycles. The van der Waals surface area contributed by atoms with Gasteiger partial charge in [-0.05, 0) is 37.4 Å². The van der Waals surface area contributed by atoms with Crippen LogP contribution in [-0.4, -0.2) is 17.7 Å². The van der Waals surface area contributed by atoms with Crippen molar-refractivity contribution in [1.29, 1.82) is 0 Å². The van der Waals surface area contributed by atoms with Crippen LogP contribution in [0.3, 0.4) is 0 Å². The molecule has 2 nitrogen and oxygen atoms in total. The summed E-state index contributed by atoms with van der Waals surface area (Å²) in [6.45, 7) is 7.62. The quantitative estimate of drug-likeness (QED) is 0.774. The number of hydrogen-bond donors (Lipinski definition) is 2. The van der Waals surface area contributed by atoms with Gasteiger partial charge in [0.1, 0.15) is 5.75 Å². The van der Waals surface area contributed by atoms with E-state index in [2.05, 4.69) is 26.1 Å². The molecule has 2 N–H and O–H groups in total. The standard InChI is InChI=1S/C14H23NO/c1-4-11(2)12(3)15-10-9-13-7-5-6-8-14(13)16/h5-8,11-12,15-16H,4,9-10H2,1-3H3. The Kier molecular flexibility index (Phi) is 5.33. The molecule has 0 aliphatic carbocycles. The Labute approximate surface area is 98.7 Å². The van der Waals surface area contributed by atoms with Gasteiger partial charge in [0.15, 0.2) is 0 Å². The topological polar surface area (TPSA) is 32.3 Å². The van der Waals surface area contributed by atoms with E-state index in [1.54, 1.807) is 6.07 Å². The summed E-state index contributed by atoms with van der Waals surface area (Å²) in [7, 11) is 0. The van der Waals surface area contributed by atoms with Crippen molar-refractivity contribution in [2.24, 2.45) is 5.92 Å². The molecule has 1 rings (SSSR count). The van der Waals surface area contributed by atoms with Gasteiger partial charge in [0.05, 0.1) is 0 Å². The summed E-state index contributed by atoms with van der Waals surface area (Å²) < 4.78 is 0. The molecular formula is C14H23NO. The van der Waals surface area contributed by atoms with Crippen LogP contribution in [0.25, 0.3) is 0 Å². The summed E-state index contributed by atoms with van der Waals surface area (Å²) in [4.78, 5) is 0. The lowest BCUT2D eigenvalue weighted by Gasteiger charge is -2.19. The van der Waals surface area contributed by atoms with E-state index in [9.17, 15) is 5.11 Å². The van der Waals surface area contributed by atoms with Crippen molar-refractivity contribution in [3.05, 3.63) is 29.8 Å². The molecule has 1 aromatic carbocycles. The highest BCUT2D eigenvalue weighted by Crippen LogP contribution is 2.15. The van der Waals surface area contributed by atoms with Gasteiger partial charge in [0, 0.05) is 6.04 Å². The van der Waals surface area contributed by atoms with Crippen molar-refractivity contribution in [2.75, 3.05) is 6.54 Å². The minimum Gasteiger partial charge on any atom is -0.508 e. The molecule has 16 heavy (non-hydrogen) atoms. The average molecular weight is 221 g/mol. The van der Waals surface area contributed by atoms with Crippen molar-refractivity contribution in [3.63, 3.8) is 0 Å². The predicted octanol–water partition coefficient (Wildman–Crippen LogP) is 2.96. The highest BCUT2D eigenvalue weighted by Gasteiger charge is 2.08. The van der Waals surface area contributed by atoms with Crippen LogP contribution in [0.1, 0.15) is 32.8 Å². The van der Waals surface area contributed by atoms with Crippen molar-refractivity contribution < 1.29 is 5.11 Å². The summed E-state index contributed by atoms with van der Waals surface area (Å²) in [6, 6.07) is 8.08. The van der Waals surface area contributed by atoms with Gasteiger partial charge >= 0.3 is 0 Å². The molecule has 0 bridgehead atoms. The number of rotatable bonds is 6. The molecule has 0 aliphatic rings. The molecule has 0 fully saturated rings. The fourth-order valence-corrected chi connectivity index (χ4v) is 1.71. The van der Waals surface area contributed by atoms with Crippen molar-refractivity contribution >= 4 is 0 Å². The van der Waals surface area contributed by atoms with Gasteiger partial charge in [-0.25, -0.2) is 0 Å². The lowest BCUT2D eigenvalue weighted by atomic mass is 10.0. The predicted molar refractivity (Wildman–Crippen MR) is 68.7 cm³/mol. The molecule has 2 unspecified atom stereocenters. The van der Waals surface area contributed by atoms with E-state index >= 15 is 0 Å². The molecule has 0 heterocycles. The van der Waals surface area contributed by atoms with E-state index in [0.29, 0.717) is 17.7 Å². The molecule has 0 amide bonds. The molecule has 2 heteroatoms. The molecular weight excluding hydrogens is 198 g/mol. The maximum atomic E-state index is 9.60. The van der Waals surface area contributed by atoms with E-state index in [-0.39, 0.29) is 0 Å². The van der Waals surface area contributed by atoms with Crippen LogP contribution in [0.4, 0.5) is 0 Å². The van der Waals surface area contributed by atoms with Gasteiger partial charge in [0.2, 0.25) is 0 Å². The smallest absolute Gasteiger partial charge is 0.118 e. The number of benzene rings is 1. The second-order valence-corrected chi connectivity index (χ2v) is 4.51. The third kappa shape index (κ3) is 3.86. The van der Waals surface area contributed by atoms with Crippen LogP contribution in [0.5, 0.6) is 5.75 Å². The Hall–Kier alpha value is -1.02. The summed E-state index contributed by atoms with van der Waals surface area (Å²) >= 11 is 0. The van der Waals surface area contributed by atoms with Gasteiger partial charge in [-0.1, -0.05) is 38.5 Å². The molecule has 1 aromatic rings. The van der Waals surface area contributed by atoms with E-state index in [1.807, 2.05) is 18.2 Å². The first-order chi connectivity index (χ1) is 7.65. The maximum absolute atomic E-state index is 9.60. The monoisotopic (exact) mass is 221 g/mol. The summed E-state index contributed by atoms with van der Waals surface area (Å²) in [5.74, 6) is 1.10. The van der Waals surface area contributed by atoms with Crippen molar-refractivity contribution in [1.82, 2.24) is 5.32 Å². The molecule has 0 radical (unpaired) electrons. The SMILES string of the molecule is CCC(C)C(C)NCCc1ccccc1O. The number of phenolic OH excluding ortho intramolecular Hbond substituents is 1. The zero-order valence-electron chi connectivity index (χ0n) is 10.5. The number of aromatic hydroxyl groups is 1. The van der Waals surface area contributed by atoms with Gasteiger partial charge in [-0.15, -0.1) is 0 Å². The lowest BCUT2D eigenvalue weighted by molar-refractivity contribution is 0.391.